The van der Waals surface area contributed by atoms with E-state index in [4.69, 9.17) is 16.3 Å². The van der Waals surface area contributed by atoms with Gasteiger partial charge in [0.15, 0.2) is 0 Å². The Labute approximate surface area is 80.5 Å². The highest BCUT2D eigenvalue weighted by Gasteiger charge is 2.39. The van der Waals surface area contributed by atoms with Crippen LogP contribution in [-0.4, -0.2) is 20.3 Å². The maximum Gasteiger partial charge on any atom is 0.0999 e. The molecule has 1 saturated heterocycles. The van der Waals surface area contributed by atoms with Crippen LogP contribution in [0, 0.1) is 0 Å². The lowest BCUT2D eigenvalue weighted by Gasteiger charge is -2.40. The molecule has 66 valence electrons. The Bertz CT molecular complexity index is 277. The van der Waals surface area contributed by atoms with Crippen LogP contribution in [0.3, 0.4) is 0 Å². The molecule has 1 N–H and O–H groups in total. The summed E-state index contributed by atoms with van der Waals surface area (Å²) in [7, 11) is 1.95. The summed E-state index contributed by atoms with van der Waals surface area (Å²) in [5, 5.41) is 3.27. The average molecular weight is 204 g/mol. The molecular formula is C8H10ClNOS. The van der Waals surface area contributed by atoms with Crippen LogP contribution in [0.4, 0.5) is 0 Å². The molecule has 0 bridgehead atoms. The van der Waals surface area contributed by atoms with E-state index in [9.17, 15) is 0 Å². The molecule has 0 aliphatic carbocycles. The molecule has 2 heterocycles. The third-order valence-corrected chi connectivity index (χ3v) is 3.66. The lowest BCUT2D eigenvalue weighted by atomic mass is 9.96. The minimum Gasteiger partial charge on any atom is -0.377 e. The minimum absolute atomic E-state index is 0.0395. The van der Waals surface area contributed by atoms with E-state index in [1.807, 2.05) is 13.1 Å². The van der Waals surface area contributed by atoms with Gasteiger partial charge in [-0.05, 0) is 19.2 Å². The monoisotopic (exact) mass is 203 g/mol. The Balaban J connectivity index is 2.27. The second-order valence-electron chi connectivity index (χ2n) is 2.93. The zero-order valence-corrected chi connectivity index (χ0v) is 8.34. The Kier molecular flexibility index (Phi) is 2.12. The Morgan fingerprint density at radius 2 is 2.33 bits per heavy atom. The summed E-state index contributed by atoms with van der Waals surface area (Å²) >= 11 is 7.47. The highest BCUT2D eigenvalue weighted by Crippen LogP contribution is 2.35. The fourth-order valence-corrected chi connectivity index (χ4v) is 2.50. The standard InChI is InChI=1S/C8H10ClNOS/c1-10-8(4-11-5-8)6-2-3-7(9)12-6/h2-3,10H,4-5H2,1H3. The van der Waals surface area contributed by atoms with Crippen LogP contribution in [0.2, 0.25) is 4.34 Å². The van der Waals surface area contributed by atoms with Crippen molar-refractivity contribution in [3.05, 3.63) is 21.3 Å². The highest BCUT2D eigenvalue weighted by molar-refractivity contribution is 7.16. The smallest absolute Gasteiger partial charge is 0.0999 e. The molecule has 1 fully saturated rings. The van der Waals surface area contributed by atoms with Crippen molar-refractivity contribution < 1.29 is 4.74 Å². The zero-order chi connectivity index (χ0) is 8.60. The second-order valence-corrected chi connectivity index (χ2v) is 4.64. The molecule has 1 aromatic rings. The summed E-state index contributed by atoms with van der Waals surface area (Å²) in [6.45, 7) is 1.50. The molecule has 0 spiro atoms. The molecule has 2 nitrogen and oxygen atoms in total. The van der Waals surface area contributed by atoms with Crippen molar-refractivity contribution in [3.8, 4) is 0 Å². The molecule has 1 aliphatic rings. The topological polar surface area (TPSA) is 21.3 Å². The van der Waals surface area contributed by atoms with Gasteiger partial charge in [-0.1, -0.05) is 11.6 Å². The number of thiophene rings is 1. The SMILES string of the molecule is CNC1(c2ccc(Cl)s2)COC1. The van der Waals surface area contributed by atoms with E-state index in [-0.39, 0.29) is 5.54 Å². The lowest BCUT2D eigenvalue weighted by molar-refractivity contribution is -0.0728. The summed E-state index contributed by atoms with van der Waals surface area (Å²) in [5.74, 6) is 0. The predicted molar refractivity (Wildman–Crippen MR) is 50.9 cm³/mol. The molecule has 4 heteroatoms. The zero-order valence-electron chi connectivity index (χ0n) is 6.76. The molecule has 0 saturated carbocycles. The largest absolute Gasteiger partial charge is 0.377 e. The molecule has 2 rings (SSSR count). The van der Waals surface area contributed by atoms with E-state index in [0.29, 0.717) is 0 Å². The maximum absolute atomic E-state index is 5.85. The fourth-order valence-electron chi connectivity index (χ4n) is 1.29. The average Bonchev–Trinajstić information content (AvgIpc) is 2.35. The molecule has 0 atom stereocenters. The summed E-state index contributed by atoms with van der Waals surface area (Å²) in [6, 6.07) is 3.99. The van der Waals surface area contributed by atoms with Gasteiger partial charge in [0.2, 0.25) is 0 Å². The first-order valence-corrected chi connectivity index (χ1v) is 4.99. The van der Waals surface area contributed by atoms with Gasteiger partial charge in [0, 0.05) is 4.88 Å². The van der Waals surface area contributed by atoms with Gasteiger partial charge in [0.05, 0.1) is 23.1 Å². The fraction of sp³-hybridized carbons (Fsp3) is 0.500. The highest BCUT2D eigenvalue weighted by atomic mass is 35.5. The Hall–Kier alpha value is -0.0900. The third-order valence-electron chi connectivity index (χ3n) is 2.22. The maximum atomic E-state index is 5.85. The first-order valence-electron chi connectivity index (χ1n) is 3.79. The number of rotatable bonds is 2. The van der Waals surface area contributed by atoms with Gasteiger partial charge in [-0.15, -0.1) is 11.3 Å². The van der Waals surface area contributed by atoms with Crippen molar-refractivity contribution in [1.82, 2.24) is 5.32 Å². The van der Waals surface area contributed by atoms with E-state index in [1.54, 1.807) is 11.3 Å². The second kappa shape index (κ2) is 3.00. The van der Waals surface area contributed by atoms with Crippen molar-refractivity contribution in [1.29, 1.82) is 0 Å². The summed E-state index contributed by atoms with van der Waals surface area (Å²) in [4.78, 5) is 1.27. The molecular weight excluding hydrogens is 194 g/mol. The van der Waals surface area contributed by atoms with Crippen LogP contribution in [0.1, 0.15) is 4.88 Å². The lowest BCUT2D eigenvalue weighted by Crippen LogP contribution is -2.55. The van der Waals surface area contributed by atoms with Crippen molar-refractivity contribution in [3.63, 3.8) is 0 Å². The number of hydrogen-bond acceptors (Lipinski definition) is 3. The quantitative estimate of drug-likeness (QED) is 0.792. The number of ether oxygens (including phenoxy) is 1. The normalized spacial score (nSPS) is 20.5. The number of hydrogen-bond donors (Lipinski definition) is 1. The van der Waals surface area contributed by atoms with Gasteiger partial charge in [-0.2, -0.15) is 0 Å². The summed E-state index contributed by atoms with van der Waals surface area (Å²) in [5.41, 5.74) is 0.0395. The van der Waals surface area contributed by atoms with Crippen LogP contribution < -0.4 is 5.32 Å². The molecule has 12 heavy (non-hydrogen) atoms. The van der Waals surface area contributed by atoms with Crippen LogP contribution in [-0.2, 0) is 10.3 Å². The number of halogens is 1. The molecule has 0 amide bonds. The van der Waals surface area contributed by atoms with Crippen molar-refractivity contribution in [2.45, 2.75) is 5.54 Å². The van der Waals surface area contributed by atoms with E-state index in [1.165, 1.54) is 4.88 Å². The summed E-state index contributed by atoms with van der Waals surface area (Å²) < 4.78 is 6.03. The molecule has 0 radical (unpaired) electrons. The van der Waals surface area contributed by atoms with Gasteiger partial charge in [0.25, 0.3) is 0 Å². The van der Waals surface area contributed by atoms with Gasteiger partial charge >= 0.3 is 0 Å². The first-order chi connectivity index (χ1) is 5.77. The number of likely N-dealkylation sites (N-methyl/N-ethyl adjacent to an activating group) is 1. The minimum atomic E-state index is 0.0395. The van der Waals surface area contributed by atoms with E-state index in [0.717, 1.165) is 17.6 Å². The van der Waals surface area contributed by atoms with Crippen molar-refractivity contribution >= 4 is 22.9 Å². The summed E-state index contributed by atoms with van der Waals surface area (Å²) in [6.07, 6.45) is 0. The van der Waals surface area contributed by atoms with Crippen LogP contribution in [0.25, 0.3) is 0 Å². The van der Waals surface area contributed by atoms with Crippen LogP contribution >= 0.6 is 22.9 Å². The Morgan fingerprint density at radius 1 is 1.58 bits per heavy atom. The molecule has 1 aromatic heterocycles. The predicted octanol–water partition coefficient (Wildman–Crippen LogP) is 1.85. The molecule has 0 aromatic carbocycles. The van der Waals surface area contributed by atoms with Crippen molar-refractivity contribution in [2.75, 3.05) is 20.3 Å². The van der Waals surface area contributed by atoms with E-state index >= 15 is 0 Å². The molecule has 1 aliphatic heterocycles. The van der Waals surface area contributed by atoms with Gasteiger partial charge < -0.3 is 10.1 Å². The number of nitrogens with one attached hydrogen (secondary N) is 1. The molecule has 0 unspecified atom stereocenters. The third kappa shape index (κ3) is 1.17. The van der Waals surface area contributed by atoms with Gasteiger partial charge in [0.1, 0.15) is 0 Å². The van der Waals surface area contributed by atoms with Crippen molar-refractivity contribution in [2.24, 2.45) is 0 Å². The van der Waals surface area contributed by atoms with Crippen LogP contribution in [0.5, 0.6) is 0 Å². The van der Waals surface area contributed by atoms with E-state index < -0.39 is 0 Å². The Morgan fingerprint density at radius 3 is 2.67 bits per heavy atom. The first kappa shape index (κ1) is 8.51. The van der Waals surface area contributed by atoms with Gasteiger partial charge in [-0.25, -0.2) is 0 Å². The van der Waals surface area contributed by atoms with Gasteiger partial charge in [-0.3, -0.25) is 0 Å². The van der Waals surface area contributed by atoms with E-state index in [2.05, 4.69) is 11.4 Å². The van der Waals surface area contributed by atoms with Crippen LogP contribution in [0.15, 0.2) is 12.1 Å².